The summed E-state index contributed by atoms with van der Waals surface area (Å²) < 4.78 is 4.22. The second kappa shape index (κ2) is 13.7. The minimum atomic E-state index is 0.170. The molecule has 0 spiro atoms. The molecule has 2 aliphatic heterocycles. The topological polar surface area (TPSA) is 6.48 Å². The van der Waals surface area contributed by atoms with Gasteiger partial charge in [-0.2, -0.15) is 11.3 Å². The average molecular weight is 793 g/mol. The molecule has 5 heteroatoms. The lowest BCUT2D eigenvalue weighted by Gasteiger charge is -2.41. The molecule has 0 bridgehead atoms. The van der Waals surface area contributed by atoms with Crippen LogP contribution in [0.2, 0.25) is 0 Å². The van der Waals surface area contributed by atoms with E-state index in [0.29, 0.717) is 0 Å². The van der Waals surface area contributed by atoms with E-state index >= 15 is 0 Å². The van der Waals surface area contributed by atoms with Crippen LogP contribution in [0.15, 0.2) is 163 Å². The van der Waals surface area contributed by atoms with Gasteiger partial charge in [-0.3, -0.25) is 0 Å². The molecule has 0 unspecified atom stereocenters. The van der Waals surface area contributed by atoms with Crippen LogP contribution in [-0.2, 0) is 12.8 Å². The van der Waals surface area contributed by atoms with Gasteiger partial charge < -0.3 is 9.80 Å². The first-order valence-corrected chi connectivity index (χ1v) is 22.8. The molecule has 0 atom stereocenters. The van der Waals surface area contributed by atoms with E-state index in [-0.39, 0.29) is 6.71 Å². The molecule has 0 fully saturated rings. The van der Waals surface area contributed by atoms with E-state index in [2.05, 4.69) is 187 Å². The molecule has 0 saturated carbocycles. The van der Waals surface area contributed by atoms with Gasteiger partial charge in [0.1, 0.15) is 0 Å². The lowest BCUT2D eigenvalue weighted by atomic mass is 9.39. The lowest BCUT2D eigenvalue weighted by Crippen LogP contribution is -2.59. The maximum Gasteiger partial charge on any atom is 0.277 e. The van der Waals surface area contributed by atoms with Crippen LogP contribution in [0.25, 0.3) is 53.5 Å². The summed E-state index contributed by atoms with van der Waals surface area (Å²) in [6.45, 7) is 4.71. The van der Waals surface area contributed by atoms with E-state index < -0.39 is 0 Å². The van der Waals surface area contributed by atoms with Gasteiger partial charge in [0.15, 0.2) is 0 Å². The number of nitrogens with zero attached hydrogens (tertiary/aromatic N) is 2. The number of anilines is 6. The van der Waals surface area contributed by atoms with Gasteiger partial charge in [0.05, 0.1) is 11.4 Å². The Balaban J connectivity index is 1.07. The lowest BCUT2D eigenvalue weighted by molar-refractivity contribution is 0.922. The van der Waals surface area contributed by atoms with Crippen LogP contribution in [0.5, 0.6) is 0 Å². The molecular weight excluding hydrogens is 752 g/mol. The smallest absolute Gasteiger partial charge is 0.277 e. The Bertz CT molecular complexity index is 3220. The quantitative estimate of drug-likeness (QED) is 0.117. The minimum absolute atomic E-state index is 0.170. The fraction of sp³-hybridized carbons (Fsp3) is 0.111. The maximum atomic E-state index is 2.59. The van der Waals surface area contributed by atoms with Gasteiger partial charge in [-0.05, 0) is 133 Å². The van der Waals surface area contributed by atoms with Crippen LogP contribution in [-0.4, -0.2) is 6.71 Å². The minimum Gasteiger partial charge on any atom is -0.311 e. The van der Waals surface area contributed by atoms with E-state index in [0.717, 1.165) is 25.7 Å². The van der Waals surface area contributed by atoms with E-state index in [4.69, 9.17) is 0 Å². The average Bonchev–Trinajstić information content (AvgIpc) is 3.92. The normalized spacial score (nSPS) is 13.1. The first-order valence-electron chi connectivity index (χ1n) is 21.1. The standard InChI is InChI=1S/C54H41BN2S2/c1-3-11-34-21-26-37(27-22-34)56-46-19-10-20-47-51(46)55(53-48(56)31-32-58-53)54-52(45-33-35(12-4-2)23-30-49(45)59-54)57(47)38-28-24-36(25-29-38)39-17-9-18-44-42-14-6-5-13-40(42)41-15-7-8-16-43(41)50(39)44/h5-10,13-33H,3-4,11-12H2,1-2H3. The highest BCUT2D eigenvalue weighted by Gasteiger charge is 2.45. The van der Waals surface area contributed by atoms with Crippen LogP contribution < -0.4 is 24.8 Å². The Morgan fingerprint density at radius 1 is 0.492 bits per heavy atom. The van der Waals surface area contributed by atoms with Gasteiger partial charge >= 0.3 is 0 Å². The molecule has 12 rings (SSSR count). The van der Waals surface area contributed by atoms with Crippen LogP contribution >= 0.6 is 22.7 Å². The van der Waals surface area contributed by atoms with Crippen molar-refractivity contribution in [2.24, 2.45) is 0 Å². The zero-order valence-electron chi connectivity index (χ0n) is 33.2. The molecule has 2 nitrogen and oxygen atoms in total. The van der Waals surface area contributed by atoms with Crippen molar-refractivity contribution in [2.75, 3.05) is 9.80 Å². The van der Waals surface area contributed by atoms with E-state index in [1.54, 1.807) is 0 Å². The van der Waals surface area contributed by atoms with Crippen molar-refractivity contribution >= 4 is 121 Å². The van der Waals surface area contributed by atoms with Gasteiger partial charge in [0.25, 0.3) is 6.71 Å². The van der Waals surface area contributed by atoms with Crippen molar-refractivity contribution in [1.82, 2.24) is 0 Å². The second-order valence-corrected chi connectivity index (χ2v) is 18.2. The van der Waals surface area contributed by atoms with Crippen molar-refractivity contribution in [1.29, 1.82) is 0 Å². The Labute approximate surface area is 353 Å². The van der Waals surface area contributed by atoms with Gasteiger partial charge in [0, 0.05) is 42.4 Å². The predicted octanol–water partition coefficient (Wildman–Crippen LogP) is 14.1. The first-order chi connectivity index (χ1) is 29.2. The Morgan fingerprint density at radius 2 is 1.08 bits per heavy atom. The van der Waals surface area contributed by atoms with E-state index in [1.807, 2.05) is 22.7 Å². The number of hydrogen-bond acceptors (Lipinski definition) is 4. The summed E-state index contributed by atoms with van der Waals surface area (Å²) in [6.07, 6.45) is 4.46. The fourth-order valence-electron chi connectivity index (χ4n) is 10.2. The summed E-state index contributed by atoms with van der Waals surface area (Å²) >= 11 is 3.89. The third kappa shape index (κ3) is 5.24. The molecule has 282 valence electrons. The third-order valence-corrected chi connectivity index (χ3v) is 14.9. The fourth-order valence-corrected chi connectivity index (χ4v) is 12.6. The van der Waals surface area contributed by atoms with Crippen molar-refractivity contribution in [3.8, 4) is 11.1 Å². The van der Waals surface area contributed by atoms with Crippen molar-refractivity contribution < 1.29 is 0 Å². The maximum absolute atomic E-state index is 2.59. The predicted molar refractivity (Wildman–Crippen MR) is 260 cm³/mol. The zero-order chi connectivity index (χ0) is 39.2. The molecule has 0 N–H and O–H groups in total. The molecule has 59 heavy (non-hydrogen) atoms. The molecule has 0 radical (unpaired) electrons. The molecule has 0 amide bonds. The number of fused-ring (bicyclic) bond motifs is 12. The molecule has 2 aromatic heterocycles. The Hall–Kier alpha value is -6.14. The molecule has 2 aliphatic rings. The molecule has 0 aliphatic carbocycles. The van der Waals surface area contributed by atoms with E-state index in [1.165, 1.54) is 114 Å². The van der Waals surface area contributed by atoms with Crippen molar-refractivity contribution in [2.45, 2.75) is 39.5 Å². The summed E-state index contributed by atoms with van der Waals surface area (Å²) in [5.41, 5.74) is 14.3. The number of rotatable bonds is 7. The van der Waals surface area contributed by atoms with Gasteiger partial charge in [0.2, 0.25) is 0 Å². The van der Waals surface area contributed by atoms with Crippen molar-refractivity contribution in [3.63, 3.8) is 0 Å². The van der Waals surface area contributed by atoms with Gasteiger partial charge in [-0.15, -0.1) is 11.3 Å². The highest BCUT2D eigenvalue weighted by atomic mass is 32.1. The SMILES string of the molecule is CCCc1ccc(N2c3ccsc3B3c4sc5ccc(CCC)cc5c4N(c4ccc(-c5cccc6c7ccccc7c7ccccc7c56)cc4)c4cccc2c43)cc1. The summed E-state index contributed by atoms with van der Waals surface area (Å²) in [6, 6.07) is 59.9. The highest BCUT2D eigenvalue weighted by Crippen LogP contribution is 2.49. The van der Waals surface area contributed by atoms with Gasteiger partial charge in [-0.25, -0.2) is 0 Å². The molecule has 0 saturated heterocycles. The van der Waals surface area contributed by atoms with Crippen LogP contribution in [0.4, 0.5) is 34.1 Å². The zero-order valence-corrected chi connectivity index (χ0v) is 34.8. The summed E-state index contributed by atoms with van der Waals surface area (Å²) in [4.78, 5) is 5.11. The summed E-state index contributed by atoms with van der Waals surface area (Å²) in [5.74, 6) is 0. The molecule has 8 aromatic carbocycles. The first kappa shape index (κ1) is 34.9. The number of hydrogen-bond donors (Lipinski definition) is 0. The largest absolute Gasteiger partial charge is 0.311 e. The molecule has 10 aromatic rings. The Kier molecular flexibility index (Phi) is 8.11. The van der Waals surface area contributed by atoms with Gasteiger partial charge in [-0.1, -0.05) is 130 Å². The molecule has 4 heterocycles. The highest BCUT2D eigenvalue weighted by molar-refractivity contribution is 7.38. The summed E-state index contributed by atoms with van der Waals surface area (Å²) in [5, 5.41) is 11.5. The second-order valence-electron chi connectivity index (χ2n) is 16.2. The third-order valence-electron chi connectivity index (χ3n) is 12.7. The molecular formula is C54H41BN2S2. The summed E-state index contributed by atoms with van der Waals surface area (Å²) in [7, 11) is 0. The number of benzene rings is 8. The van der Waals surface area contributed by atoms with Crippen LogP contribution in [0.1, 0.15) is 37.8 Å². The number of aryl methyl sites for hydroxylation is 2. The van der Waals surface area contributed by atoms with Crippen molar-refractivity contribution in [3.05, 3.63) is 174 Å². The monoisotopic (exact) mass is 792 g/mol. The van der Waals surface area contributed by atoms with E-state index in [9.17, 15) is 0 Å². The Morgan fingerprint density at radius 3 is 1.81 bits per heavy atom. The number of thiophene rings is 2. The van der Waals surface area contributed by atoms with Crippen LogP contribution in [0.3, 0.4) is 0 Å². The van der Waals surface area contributed by atoms with Crippen LogP contribution in [0, 0.1) is 0 Å².